The fraction of sp³-hybridized carbons (Fsp3) is 0.600. The zero-order chi connectivity index (χ0) is 14.9. The van der Waals surface area contributed by atoms with Gasteiger partial charge >= 0.3 is 0 Å². The number of carbonyl (C=O) groups excluding carboxylic acids is 1. The number of likely N-dealkylation sites (tertiary alicyclic amines) is 1. The number of aliphatic hydroxyl groups excluding tert-OH is 1. The Morgan fingerprint density at radius 3 is 2.70 bits per heavy atom. The maximum Gasteiger partial charge on any atom is 0.246 e. The molecule has 5 heteroatoms. The first-order chi connectivity index (χ1) is 9.40. The number of piperidine rings is 1. The van der Waals surface area contributed by atoms with E-state index in [1.807, 2.05) is 38.6 Å². The summed E-state index contributed by atoms with van der Waals surface area (Å²) in [6.07, 6.45) is 3.85. The number of amides is 1. The lowest BCUT2D eigenvalue weighted by atomic mass is 9.96. The van der Waals surface area contributed by atoms with Crippen molar-refractivity contribution >= 4 is 12.0 Å². The summed E-state index contributed by atoms with van der Waals surface area (Å²) in [5.41, 5.74) is 2.95. The predicted octanol–water partition coefficient (Wildman–Crippen LogP) is 1.28. The second kappa shape index (κ2) is 5.79. The van der Waals surface area contributed by atoms with E-state index in [4.69, 9.17) is 0 Å². The van der Waals surface area contributed by atoms with E-state index >= 15 is 0 Å². The normalized spacial score (nSPS) is 23.6. The molecule has 2 heterocycles. The van der Waals surface area contributed by atoms with E-state index in [1.54, 1.807) is 11.0 Å². The molecule has 2 atom stereocenters. The van der Waals surface area contributed by atoms with Crippen molar-refractivity contribution in [3.8, 4) is 0 Å². The summed E-state index contributed by atoms with van der Waals surface area (Å²) in [5, 5.41) is 14.2. The van der Waals surface area contributed by atoms with Gasteiger partial charge in [-0.05, 0) is 32.3 Å². The van der Waals surface area contributed by atoms with E-state index < -0.39 is 6.10 Å². The van der Waals surface area contributed by atoms with Gasteiger partial charge in [0.05, 0.1) is 11.8 Å². The Bertz CT molecular complexity index is 533. The Hall–Kier alpha value is -1.62. The summed E-state index contributed by atoms with van der Waals surface area (Å²) < 4.78 is 1.81. The summed E-state index contributed by atoms with van der Waals surface area (Å²) in [7, 11) is 1.89. The van der Waals surface area contributed by atoms with Gasteiger partial charge in [0.2, 0.25) is 5.91 Å². The Kier molecular flexibility index (Phi) is 4.28. The van der Waals surface area contributed by atoms with Crippen LogP contribution < -0.4 is 0 Å². The van der Waals surface area contributed by atoms with E-state index in [1.165, 1.54) is 0 Å². The second-order valence-corrected chi connectivity index (χ2v) is 5.66. The molecule has 0 bridgehead atoms. The van der Waals surface area contributed by atoms with Gasteiger partial charge in [0.25, 0.3) is 0 Å². The number of aliphatic hydroxyl groups is 1. The molecule has 0 aromatic carbocycles. The lowest BCUT2D eigenvalue weighted by Crippen LogP contribution is -2.45. The van der Waals surface area contributed by atoms with Crippen molar-refractivity contribution in [3.05, 3.63) is 23.0 Å². The van der Waals surface area contributed by atoms with Crippen LogP contribution in [0.3, 0.4) is 0 Å². The van der Waals surface area contributed by atoms with Crippen molar-refractivity contribution in [2.24, 2.45) is 13.0 Å². The zero-order valence-electron chi connectivity index (χ0n) is 12.6. The summed E-state index contributed by atoms with van der Waals surface area (Å²) in [5.74, 6) is 0.226. The number of carbonyl (C=O) groups is 1. The molecule has 1 aliphatic heterocycles. The average molecular weight is 277 g/mol. The maximum atomic E-state index is 12.2. The Labute approximate surface area is 119 Å². The van der Waals surface area contributed by atoms with Gasteiger partial charge in [-0.3, -0.25) is 9.48 Å². The highest BCUT2D eigenvalue weighted by Crippen LogP contribution is 2.18. The highest BCUT2D eigenvalue weighted by atomic mass is 16.3. The molecule has 1 N–H and O–H groups in total. The van der Waals surface area contributed by atoms with Crippen molar-refractivity contribution < 1.29 is 9.90 Å². The summed E-state index contributed by atoms with van der Waals surface area (Å²) >= 11 is 0. The van der Waals surface area contributed by atoms with Gasteiger partial charge in [-0.1, -0.05) is 6.92 Å². The summed E-state index contributed by atoms with van der Waals surface area (Å²) in [6.45, 7) is 7.08. The summed E-state index contributed by atoms with van der Waals surface area (Å²) in [4.78, 5) is 13.9. The average Bonchev–Trinajstić information content (AvgIpc) is 2.64. The van der Waals surface area contributed by atoms with E-state index in [0.29, 0.717) is 13.1 Å². The minimum atomic E-state index is -0.414. The number of aromatic nitrogens is 2. The molecule has 1 aromatic rings. The first-order valence-corrected chi connectivity index (χ1v) is 7.05. The molecule has 0 radical (unpaired) electrons. The largest absolute Gasteiger partial charge is 0.391 e. The molecule has 0 saturated carbocycles. The number of β-amino-alcohol motifs (C(OH)–C–C–N with tert-alkyl or cyclic N) is 1. The molecule has 1 aliphatic rings. The quantitative estimate of drug-likeness (QED) is 0.828. The molecule has 1 amide bonds. The number of hydrogen-bond donors (Lipinski definition) is 1. The van der Waals surface area contributed by atoms with Crippen LogP contribution in [0.15, 0.2) is 6.08 Å². The first kappa shape index (κ1) is 14.8. The van der Waals surface area contributed by atoms with Crippen LogP contribution in [0.4, 0.5) is 0 Å². The molecule has 1 fully saturated rings. The number of rotatable bonds is 2. The minimum absolute atomic E-state index is 0.0430. The molecule has 0 spiro atoms. The third-order valence-corrected chi connectivity index (χ3v) is 4.19. The van der Waals surface area contributed by atoms with Crippen LogP contribution >= 0.6 is 0 Å². The van der Waals surface area contributed by atoms with E-state index in [2.05, 4.69) is 5.10 Å². The molecular formula is C15H23N3O2. The Morgan fingerprint density at radius 2 is 2.15 bits per heavy atom. The van der Waals surface area contributed by atoms with Crippen molar-refractivity contribution in [1.29, 1.82) is 0 Å². The van der Waals surface area contributed by atoms with Crippen LogP contribution in [0.5, 0.6) is 0 Å². The van der Waals surface area contributed by atoms with Gasteiger partial charge in [-0.25, -0.2) is 0 Å². The lowest BCUT2D eigenvalue weighted by molar-refractivity contribution is -0.130. The third-order valence-electron chi connectivity index (χ3n) is 4.19. The standard InChI is InChI=1S/C15H23N3O2/c1-10-7-8-18(9-14(10)19)15(20)6-5-13-11(2)16-17(4)12(13)3/h5-6,10,14,19H,7-9H2,1-4H3/b6-5+. The van der Waals surface area contributed by atoms with Crippen LogP contribution in [-0.2, 0) is 11.8 Å². The molecule has 1 aromatic heterocycles. The fourth-order valence-corrected chi connectivity index (χ4v) is 2.54. The van der Waals surface area contributed by atoms with Crippen molar-refractivity contribution in [2.75, 3.05) is 13.1 Å². The minimum Gasteiger partial charge on any atom is -0.391 e. The number of aryl methyl sites for hydroxylation is 2. The highest BCUT2D eigenvalue weighted by Gasteiger charge is 2.26. The molecule has 20 heavy (non-hydrogen) atoms. The monoisotopic (exact) mass is 277 g/mol. The summed E-state index contributed by atoms with van der Waals surface area (Å²) in [6, 6.07) is 0. The smallest absolute Gasteiger partial charge is 0.246 e. The lowest BCUT2D eigenvalue weighted by Gasteiger charge is -2.33. The molecular weight excluding hydrogens is 254 g/mol. The van der Waals surface area contributed by atoms with Crippen molar-refractivity contribution in [3.63, 3.8) is 0 Å². The molecule has 110 valence electrons. The van der Waals surface area contributed by atoms with Crippen LogP contribution in [-0.4, -0.2) is 44.9 Å². The van der Waals surface area contributed by atoms with Gasteiger partial charge in [0.1, 0.15) is 0 Å². The van der Waals surface area contributed by atoms with Crippen LogP contribution in [0, 0.1) is 19.8 Å². The fourth-order valence-electron chi connectivity index (χ4n) is 2.54. The number of hydrogen-bond acceptors (Lipinski definition) is 3. The predicted molar refractivity (Wildman–Crippen MR) is 78.1 cm³/mol. The van der Waals surface area contributed by atoms with E-state index in [0.717, 1.165) is 23.4 Å². The molecule has 0 aliphatic carbocycles. The van der Waals surface area contributed by atoms with Crippen LogP contribution in [0.1, 0.15) is 30.3 Å². The zero-order valence-corrected chi connectivity index (χ0v) is 12.6. The molecule has 2 rings (SSSR count). The van der Waals surface area contributed by atoms with Gasteiger partial charge in [0, 0.05) is 37.5 Å². The van der Waals surface area contributed by atoms with Gasteiger partial charge in [-0.15, -0.1) is 0 Å². The molecule has 2 unspecified atom stereocenters. The van der Waals surface area contributed by atoms with Crippen molar-refractivity contribution in [2.45, 2.75) is 33.3 Å². The Morgan fingerprint density at radius 1 is 1.45 bits per heavy atom. The maximum absolute atomic E-state index is 12.2. The van der Waals surface area contributed by atoms with Crippen molar-refractivity contribution in [1.82, 2.24) is 14.7 Å². The molecule has 5 nitrogen and oxygen atoms in total. The van der Waals surface area contributed by atoms with Crippen LogP contribution in [0.2, 0.25) is 0 Å². The topological polar surface area (TPSA) is 58.4 Å². The highest BCUT2D eigenvalue weighted by molar-refractivity contribution is 5.92. The van der Waals surface area contributed by atoms with Gasteiger partial charge < -0.3 is 10.0 Å². The Balaban J connectivity index is 2.06. The van der Waals surface area contributed by atoms with Crippen LogP contribution in [0.25, 0.3) is 6.08 Å². The number of nitrogens with zero attached hydrogens (tertiary/aromatic N) is 3. The van der Waals surface area contributed by atoms with E-state index in [9.17, 15) is 9.90 Å². The third kappa shape index (κ3) is 2.93. The van der Waals surface area contributed by atoms with E-state index in [-0.39, 0.29) is 11.8 Å². The SMILES string of the molecule is Cc1nn(C)c(C)c1/C=C/C(=O)N1CCC(C)C(O)C1. The molecule has 1 saturated heterocycles. The van der Waals surface area contributed by atoms with Gasteiger partial charge in [0.15, 0.2) is 0 Å². The first-order valence-electron chi connectivity index (χ1n) is 7.05. The second-order valence-electron chi connectivity index (χ2n) is 5.66. The van der Waals surface area contributed by atoms with Gasteiger partial charge in [-0.2, -0.15) is 5.10 Å².